The lowest BCUT2D eigenvalue weighted by Crippen LogP contribution is -2.26. The Morgan fingerprint density at radius 3 is 2.79 bits per heavy atom. The summed E-state index contributed by atoms with van der Waals surface area (Å²) in [5, 5.41) is 11.9. The Kier molecular flexibility index (Phi) is 2.96. The van der Waals surface area contributed by atoms with Gasteiger partial charge in [-0.25, -0.2) is 0 Å². The maximum atomic E-state index is 11.2. The van der Waals surface area contributed by atoms with Crippen LogP contribution in [-0.2, 0) is 4.79 Å². The van der Waals surface area contributed by atoms with Crippen molar-refractivity contribution in [3.63, 3.8) is 0 Å². The summed E-state index contributed by atoms with van der Waals surface area (Å²) in [4.78, 5) is 11.2. The lowest BCUT2D eigenvalue weighted by molar-refractivity contribution is -0.118. The number of hydrogen-bond donors (Lipinski definition) is 2. The number of amides is 1. The molecule has 0 aliphatic rings. The van der Waals surface area contributed by atoms with E-state index in [9.17, 15) is 9.90 Å². The normalized spacial score (nSPS) is 12.1. The summed E-state index contributed by atoms with van der Waals surface area (Å²) in [6.07, 6.45) is 1.37. The van der Waals surface area contributed by atoms with Crippen LogP contribution in [0.2, 0.25) is 0 Å². The molecule has 1 aromatic heterocycles. The first-order chi connectivity index (χ1) is 6.52. The van der Waals surface area contributed by atoms with E-state index >= 15 is 0 Å². The average Bonchev–Trinajstić information content (AvgIpc) is 2.51. The number of rotatable bonds is 3. The highest BCUT2D eigenvalue weighted by atomic mass is 16.4. The fourth-order valence-electron chi connectivity index (χ4n) is 1.02. The Balaban J connectivity index is 2.68. The van der Waals surface area contributed by atoms with Gasteiger partial charge in [-0.1, -0.05) is 6.58 Å². The molecule has 0 aromatic carbocycles. The Labute approximate surface area is 82.2 Å². The Morgan fingerprint density at radius 1 is 1.71 bits per heavy atom. The van der Waals surface area contributed by atoms with Crippen molar-refractivity contribution in [1.82, 2.24) is 5.32 Å². The number of hydrogen-bond acceptors (Lipinski definition) is 3. The third-order valence-corrected chi connectivity index (χ3v) is 1.80. The molecule has 2 N–H and O–H groups in total. The van der Waals surface area contributed by atoms with Crippen LogP contribution in [0.25, 0.3) is 0 Å². The lowest BCUT2D eigenvalue weighted by atomic mass is 10.2. The van der Waals surface area contributed by atoms with Gasteiger partial charge in [-0.15, -0.1) is 0 Å². The van der Waals surface area contributed by atoms with Crippen LogP contribution in [0.3, 0.4) is 0 Å². The van der Waals surface area contributed by atoms with Crippen molar-refractivity contribution >= 4 is 5.91 Å². The average molecular weight is 195 g/mol. The van der Waals surface area contributed by atoms with E-state index in [1.807, 2.05) is 0 Å². The Bertz CT molecular complexity index is 354. The van der Waals surface area contributed by atoms with Crippen molar-refractivity contribution < 1.29 is 14.3 Å². The van der Waals surface area contributed by atoms with Crippen molar-refractivity contribution in [1.29, 1.82) is 0 Å². The third-order valence-electron chi connectivity index (χ3n) is 1.80. The van der Waals surface area contributed by atoms with E-state index in [1.165, 1.54) is 12.3 Å². The molecule has 1 rings (SSSR count). The predicted octanol–water partition coefficient (Wildman–Crippen LogP) is 1.74. The van der Waals surface area contributed by atoms with Crippen molar-refractivity contribution in [2.24, 2.45) is 0 Å². The summed E-state index contributed by atoms with van der Waals surface area (Å²) < 4.78 is 5.01. The summed E-state index contributed by atoms with van der Waals surface area (Å²) in [7, 11) is 0. The maximum Gasteiger partial charge on any atom is 0.246 e. The molecule has 0 spiro atoms. The standard InChI is InChI=1S/C10H13NO3/c1-6(2)10(13)11-7(3)9-8(12)4-5-14-9/h4-5,7,12H,1H2,2-3H3,(H,11,13). The minimum absolute atomic E-state index is 0.0412. The molecule has 0 saturated heterocycles. The fraction of sp³-hybridized carbons (Fsp3) is 0.300. The quantitative estimate of drug-likeness (QED) is 0.722. The fourth-order valence-corrected chi connectivity index (χ4v) is 1.02. The van der Waals surface area contributed by atoms with E-state index < -0.39 is 0 Å². The molecule has 76 valence electrons. The molecule has 0 bridgehead atoms. The van der Waals surface area contributed by atoms with Crippen LogP contribution in [0.5, 0.6) is 5.75 Å². The van der Waals surface area contributed by atoms with Gasteiger partial charge in [-0.05, 0) is 13.8 Å². The van der Waals surface area contributed by atoms with Gasteiger partial charge in [-0.3, -0.25) is 4.79 Å². The minimum Gasteiger partial charge on any atom is -0.504 e. The summed E-state index contributed by atoms with van der Waals surface area (Å²) in [5.41, 5.74) is 0.419. The zero-order valence-electron chi connectivity index (χ0n) is 8.20. The highest BCUT2D eigenvalue weighted by molar-refractivity contribution is 5.92. The van der Waals surface area contributed by atoms with E-state index in [0.29, 0.717) is 11.3 Å². The molecule has 1 unspecified atom stereocenters. The SMILES string of the molecule is C=C(C)C(=O)NC(C)c1occc1O. The van der Waals surface area contributed by atoms with E-state index in [4.69, 9.17) is 4.42 Å². The summed E-state index contributed by atoms with van der Waals surface area (Å²) >= 11 is 0. The Hall–Kier alpha value is -1.71. The third kappa shape index (κ3) is 2.16. The molecular formula is C10H13NO3. The molecule has 4 nitrogen and oxygen atoms in total. The molecule has 0 fully saturated rings. The molecule has 1 heterocycles. The van der Waals surface area contributed by atoms with Crippen LogP contribution >= 0.6 is 0 Å². The Morgan fingerprint density at radius 2 is 2.36 bits per heavy atom. The van der Waals surface area contributed by atoms with Crippen LogP contribution in [0.4, 0.5) is 0 Å². The molecule has 1 atom stereocenters. The molecule has 1 amide bonds. The van der Waals surface area contributed by atoms with Crippen molar-refractivity contribution in [2.75, 3.05) is 0 Å². The van der Waals surface area contributed by atoms with Gasteiger partial charge in [0.25, 0.3) is 0 Å². The van der Waals surface area contributed by atoms with Gasteiger partial charge in [0.1, 0.15) is 0 Å². The van der Waals surface area contributed by atoms with Crippen LogP contribution in [0.1, 0.15) is 25.6 Å². The predicted molar refractivity (Wildman–Crippen MR) is 51.7 cm³/mol. The molecule has 0 radical (unpaired) electrons. The topological polar surface area (TPSA) is 62.5 Å². The number of aromatic hydroxyl groups is 1. The second kappa shape index (κ2) is 4.00. The summed E-state index contributed by atoms with van der Waals surface area (Å²) in [5.74, 6) is 0.132. The van der Waals surface area contributed by atoms with Gasteiger partial charge in [0, 0.05) is 11.6 Å². The molecule has 0 aliphatic heterocycles. The van der Waals surface area contributed by atoms with Gasteiger partial charge >= 0.3 is 0 Å². The molecule has 0 saturated carbocycles. The van der Waals surface area contributed by atoms with Gasteiger partial charge < -0.3 is 14.8 Å². The van der Waals surface area contributed by atoms with Gasteiger partial charge in [0.15, 0.2) is 11.5 Å². The first-order valence-electron chi connectivity index (χ1n) is 4.25. The van der Waals surface area contributed by atoms with Gasteiger partial charge in [-0.2, -0.15) is 0 Å². The van der Waals surface area contributed by atoms with Crippen molar-refractivity contribution in [2.45, 2.75) is 19.9 Å². The number of carbonyl (C=O) groups is 1. The van der Waals surface area contributed by atoms with E-state index in [0.717, 1.165) is 0 Å². The zero-order chi connectivity index (χ0) is 10.7. The monoisotopic (exact) mass is 195 g/mol. The number of carbonyl (C=O) groups excluding carboxylic acids is 1. The first kappa shape index (κ1) is 10.4. The van der Waals surface area contributed by atoms with Crippen LogP contribution in [0, 0.1) is 0 Å². The van der Waals surface area contributed by atoms with Crippen molar-refractivity contribution in [3.8, 4) is 5.75 Å². The second-order valence-corrected chi connectivity index (χ2v) is 3.15. The maximum absolute atomic E-state index is 11.2. The molecule has 14 heavy (non-hydrogen) atoms. The van der Waals surface area contributed by atoms with E-state index in [-0.39, 0.29) is 17.7 Å². The zero-order valence-corrected chi connectivity index (χ0v) is 8.20. The number of nitrogens with one attached hydrogen (secondary N) is 1. The van der Waals surface area contributed by atoms with Crippen LogP contribution in [0.15, 0.2) is 28.9 Å². The van der Waals surface area contributed by atoms with Crippen LogP contribution in [-0.4, -0.2) is 11.0 Å². The highest BCUT2D eigenvalue weighted by Gasteiger charge is 2.16. The van der Waals surface area contributed by atoms with E-state index in [2.05, 4.69) is 11.9 Å². The molecular weight excluding hydrogens is 182 g/mol. The first-order valence-corrected chi connectivity index (χ1v) is 4.25. The highest BCUT2D eigenvalue weighted by Crippen LogP contribution is 2.24. The van der Waals surface area contributed by atoms with E-state index in [1.54, 1.807) is 13.8 Å². The smallest absolute Gasteiger partial charge is 0.246 e. The summed E-state index contributed by atoms with van der Waals surface area (Å²) in [6, 6.07) is 1.06. The largest absolute Gasteiger partial charge is 0.504 e. The molecule has 1 aromatic rings. The number of furan rings is 1. The van der Waals surface area contributed by atoms with Crippen molar-refractivity contribution in [3.05, 3.63) is 30.2 Å². The minimum atomic E-state index is -0.366. The molecule has 4 heteroatoms. The lowest BCUT2D eigenvalue weighted by Gasteiger charge is -2.11. The molecule has 0 aliphatic carbocycles. The second-order valence-electron chi connectivity index (χ2n) is 3.15. The summed E-state index contributed by atoms with van der Waals surface area (Å²) in [6.45, 7) is 6.84. The van der Waals surface area contributed by atoms with Gasteiger partial charge in [0.05, 0.1) is 12.3 Å². The van der Waals surface area contributed by atoms with Crippen LogP contribution < -0.4 is 5.32 Å². The van der Waals surface area contributed by atoms with Gasteiger partial charge in [0.2, 0.25) is 5.91 Å².